The summed E-state index contributed by atoms with van der Waals surface area (Å²) in [6, 6.07) is 0. The minimum Gasteiger partial charge on any atom is -0.383 e. The van der Waals surface area contributed by atoms with Gasteiger partial charge in [0.1, 0.15) is 0 Å². The molecule has 0 aromatic heterocycles. The third-order valence-electron chi connectivity index (χ3n) is 5.75. The van der Waals surface area contributed by atoms with Gasteiger partial charge in [-0.3, -0.25) is 0 Å². The normalized spacial score (nSPS) is 32.4. The molecule has 3 nitrogen and oxygen atoms in total. The van der Waals surface area contributed by atoms with E-state index >= 15 is 0 Å². The van der Waals surface area contributed by atoms with Crippen molar-refractivity contribution in [1.29, 1.82) is 0 Å². The fourth-order valence-electron chi connectivity index (χ4n) is 3.99. The zero-order chi connectivity index (χ0) is 15.1. The molecule has 2 aliphatic rings. The van der Waals surface area contributed by atoms with Crippen molar-refractivity contribution in [3.05, 3.63) is 0 Å². The van der Waals surface area contributed by atoms with Crippen LogP contribution in [0.5, 0.6) is 0 Å². The molecule has 1 saturated carbocycles. The number of rotatable bonds is 7. The Hall–Kier alpha value is -0.120. The number of nitrogens with one attached hydrogen (secondary N) is 1. The summed E-state index contributed by atoms with van der Waals surface area (Å²) in [6.07, 6.45) is 8.42. The SMILES string of the molecule is COCCNCC1(CN2CCC(C)CC2)CCC(C)CC1. The molecule has 0 spiro atoms. The molecule has 1 N–H and O–H groups in total. The van der Waals surface area contributed by atoms with Gasteiger partial charge in [0.2, 0.25) is 0 Å². The van der Waals surface area contributed by atoms with Gasteiger partial charge in [-0.15, -0.1) is 0 Å². The molecular formula is C18H36N2O. The molecule has 124 valence electrons. The molecule has 0 aromatic carbocycles. The average molecular weight is 296 g/mol. The smallest absolute Gasteiger partial charge is 0.0587 e. The van der Waals surface area contributed by atoms with Gasteiger partial charge >= 0.3 is 0 Å². The Morgan fingerprint density at radius 2 is 1.67 bits per heavy atom. The molecule has 2 fully saturated rings. The third-order valence-corrected chi connectivity index (χ3v) is 5.75. The van der Waals surface area contributed by atoms with E-state index in [1.807, 2.05) is 0 Å². The van der Waals surface area contributed by atoms with Crippen molar-refractivity contribution in [1.82, 2.24) is 10.2 Å². The lowest BCUT2D eigenvalue weighted by Gasteiger charge is -2.44. The Kier molecular flexibility index (Phi) is 6.97. The summed E-state index contributed by atoms with van der Waals surface area (Å²) in [4.78, 5) is 2.74. The quantitative estimate of drug-likeness (QED) is 0.730. The van der Waals surface area contributed by atoms with Gasteiger partial charge in [0, 0.05) is 26.7 Å². The third kappa shape index (κ3) is 5.54. The first-order valence-electron chi connectivity index (χ1n) is 9.05. The van der Waals surface area contributed by atoms with Crippen molar-refractivity contribution in [3.8, 4) is 0 Å². The molecule has 2 rings (SSSR count). The predicted octanol–water partition coefficient (Wildman–Crippen LogP) is 3.15. The summed E-state index contributed by atoms with van der Waals surface area (Å²) in [5.74, 6) is 1.86. The summed E-state index contributed by atoms with van der Waals surface area (Å²) in [7, 11) is 1.79. The molecule has 1 saturated heterocycles. The molecule has 1 aliphatic heterocycles. The van der Waals surface area contributed by atoms with Crippen molar-refractivity contribution in [3.63, 3.8) is 0 Å². The van der Waals surface area contributed by atoms with E-state index in [4.69, 9.17) is 4.74 Å². The van der Waals surface area contributed by atoms with Crippen LogP contribution in [0.15, 0.2) is 0 Å². The average Bonchev–Trinajstić information content (AvgIpc) is 2.49. The van der Waals surface area contributed by atoms with Gasteiger partial charge < -0.3 is 15.0 Å². The molecule has 0 unspecified atom stereocenters. The number of piperidine rings is 1. The number of ether oxygens (including phenoxy) is 1. The molecule has 0 atom stereocenters. The highest BCUT2D eigenvalue weighted by atomic mass is 16.5. The van der Waals surface area contributed by atoms with E-state index in [-0.39, 0.29) is 0 Å². The lowest BCUT2D eigenvalue weighted by atomic mass is 9.70. The Balaban J connectivity index is 1.85. The minimum absolute atomic E-state index is 0.515. The van der Waals surface area contributed by atoms with Crippen LogP contribution in [0.4, 0.5) is 0 Å². The van der Waals surface area contributed by atoms with Gasteiger partial charge in [0.15, 0.2) is 0 Å². The molecule has 3 heteroatoms. The standard InChI is InChI=1S/C18H36N2O/c1-16-4-8-18(9-5-16,14-19-10-13-21-3)15-20-11-6-17(2)7-12-20/h16-17,19H,4-15H2,1-3H3. The summed E-state index contributed by atoms with van der Waals surface area (Å²) in [5.41, 5.74) is 0.515. The number of nitrogens with zero attached hydrogens (tertiary/aromatic N) is 1. The van der Waals surface area contributed by atoms with Crippen LogP contribution in [0, 0.1) is 17.3 Å². The van der Waals surface area contributed by atoms with Crippen LogP contribution in [-0.4, -0.2) is 51.3 Å². The van der Waals surface area contributed by atoms with E-state index in [0.29, 0.717) is 5.41 Å². The first-order chi connectivity index (χ1) is 10.1. The molecule has 1 heterocycles. The van der Waals surface area contributed by atoms with Crippen LogP contribution in [0.2, 0.25) is 0 Å². The van der Waals surface area contributed by atoms with Gasteiger partial charge in [0.25, 0.3) is 0 Å². The summed E-state index contributed by atoms with van der Waals surface area (Å²) in [6.45, 7) is 11.8. The van der Waals surface area contributed by atoms with E-state index in [0.717, 1.165) is 25.0 Å². The molecule has 1 aliphatic carbocycles. The van der Waals surface area contributed by atoms with E-state index < -0.39 is 0 Å². The summed E-state index contributed by atoms with van der Waals surface area (Å²) < 4.78 is 5.17. The number of hydrogen-bond acceptors (Lipinski definition) is 3. The van der Waals surface area contributed by atoms with Crippen molar-refractivity contribution in [2.45, 2.75) is 52.4 Å². The highest BCUT2D eigenvalue weighted by molar-refractivity contribution is 4.90. The van der Waals surface area contributed by atoms with Gasteiger partial charge in [-0.25, -0.2) is 0 Å². The second-order valence-corrected chi connectivity index (χ2v) is 7.81. The fourth-order valence-corrected chi connectivity index (χ4v) is 3.99. The zero-order valence-electron chi connectivity index (χ0n) is 14.5. The second-order valence-electron chi connectivity index (χ2n) is 7.81. The van der Waals surface area contributed by atoms with Crippen molar-refractivity contribution >= 4 is 0 Å². The van der Waals surface area contributed by atoms with E-state index in [2.05, 4.69) is 24.1 Å². The Labute approximate surface area is 131 Å². The summed E-state index contributed by atoms with van der Waals surface area (Å²) >= 11 is 0. The predicted molar refractivity (Wildman–Crippen MR) is 89.6 cm³/mol. The molecule has 0 radical (unpaired) electrons. The Bertz CT molecular complexity index is 279. The molecule has 0 bridgehead atoms. The van der Waals surface area contributed by atoms with Crippen LogP contribution in [0.3, 0.4) is 0 Å². The number of likely N-dealkylation sites (tertiary alicyclic amines) is 1. The van der Waals surface area contributed by atoms with Crippen LogP contribution in [0.25, 0.3) is 0 Å². The lowest BCUT2D eigenvalue weighted by Crippen LogP contribution is -2.48. The minimum atomic E-state index is 0.515. The van der Waals surface area contributed by atoms with E-state index in [9.17, 15) is 0 Å². The fraction of sp³-hybridized carbons (Fsp3) is 1.00. The van der Waals surface area contributed by atoms with Crippen molar-refractivity contribution in [2.24, 2.45) is 17.3 Å². The maximum Gasteiger partial charge on any atom is 0.0587 e. The number of methoxy groups -OCH3 is 1. The first kappa shape index (κ1) is 17.2. The monoisotopic (exact) mass is 296 g/mol. The van der Waals surface area contributed by atoms with Crippen LogP contribution in [0.1, 0.15) is 52.4 Å². The first-order valence-corrected chi connectivity index (χ1v) is 9.05. The topological polar surface area (TPSA) is 24.5 Å². The Morgan fingerprint density at radius 1 is 1.05 bits per heavy atom. The molecular weight excluding hydrogens is 260 g/mol. The maximum atomic E-state index is 5.17. The lowest BCUT2D eigenvalue weighted by molar-refractivity contribution is 0.0664. The van der Waals surface area contributed by atoms with Crippen molar-refractivity contribution in [2.75, 3.05) is 46.4 Å². The van der Waals surface area contributed by atoms with Gasteiger partial charge in [0.05, 0.1) is 6.61 Å². The number of hydrogen-bond donors (Lipinski definition) is 1. The molecule has 0 aromatic rings. The molecule has 21 heavy (non-hydrogen) atoms. The van der Waals surface area contributed by atoms with Gasteiger partial charge in [-0.05, 0) is 56.0 Å². The van der Waals surface area contributed by atoms with Crippen LogP contribution in [-0.2, 0) is 4.74 Å². The van der Waals surface area contributed by atoms with E-state index in [1.54, 1.807) is 7.11 Å². The van der Waals surface area contributed by atoms with E-state index in [1.165, 1.54) is 64.7 Å². The second kappa shape index (κ2) is 8.50. The maximum absolute atomic E-state index is 5.17. The highest BCUT2D eigenvalue weighted by Crippen LogP contribution is 2.39. The van der Waals surface area contributed by atoms with Crippen LogP contribution < -0.4 is 5.32 Å². The zero-order valence-corrected chi connectivity index (χ0v) is 14.5. The van der Waals surface area contributed by atoms with Crippen molar-refractivity contribution < 1.29 is 4.74 Å². The highest BCUT2D eigenvalue weighted by Gasteiger charge is 2.36. The van der Waals surface area contributed by atoms with Gasteiger partial charge in [-0.2, -0.15) is 0 Å². The van der Waals surface area contributed by atoms with Crippen LogP contribution >= 0.6 is 0 Å². The molecule has 0 amide bonds. The summed E-state index contributed by atoms with van der Waals surface area (Å²) in [5, 5.41) is 3.66. The largest absolute Gasteiger partial charge is 0.383 e. The van der Waals surface area contributed by atoms with Gasteiger partial charge in [-0.1, -0.05) is 26.7 Å². The Morgan fingerprint density at radius 3 is 2.29 bits per heavy atom.